The molecular weight excluding hydrogens is 406 g/mol. The van der Waals surface area contributed by atoms with Crippen LogP contribution in [0.15, 0.2) is 78.0 Å². The molecule has 0 N–H and O–H groups in total. The number of hydrogen-bond donors (Lipinski definition) is 0. The molecule has 2 aliphatic heterocycles. The minimum Gasteiger partial charge on any atom is -0.296 e. The highest BCUT2D eigenvalue weighted by Crippen LogP contribution is 2.36. The normalized spacial score (nSPS) is 19.6. The Bertz CT molecular complexity index is 1450. The van der Waals surface area contributed by atoms with Crippen LogP contribution < -0.4 is 0 Å². The predicted octanol–water partition coefficient (Wildman–Crippen LogP) is 4.68. The van der Waals surface area contributed by atoms with Gasteiger partial charge in [0.2, 0.25) is 0 Å². The molecule has 5 nitrogen and oxygen atoms in total. The van der Waals surface area contributed by atoms with Gasteiger partial charge in [0.05, 0.1) is 16.1 Å². The van der Waals surface area contributed by atoms with E-state index in [4.69, 9.17) is 0 Å². The summed E-state index contributed by atoms with van der Waals surface area (Å²) in [4.78, 5) is 7.03. The maximum atomic E-state index is 13.9. The Hall–Kier alpha value is -2.96. The molecule has 0 radical (unpaired) electrons. The van der Waals surface area contributed by atoms with Crippen LogP contribution in [0.5, 0.6) is 0 Å². The van der Waals surface area contributed by atoms with Crippen molar-refractivity contribution in [3.05, 3.63) is 78.8 Å². The molecule has 2 aromatic heterocycles. The maximum absolute atomic E-state index is 13.9. The Kier molecular flexibility index (Phi) is 4.26. The monoisotopic (exact) mass is 429 g/mol. The molecule has 4 heterocycles. The fourth-order valence-corrected chi connectivity index (χ4v) is 6.67. The quantitative estimate of drug-likeness (QED) is 0.475. The summed E-state index contributed by atoms with van der Waals surface area (Å²) < 4.78 is 29.4. The molecule has 0 bridgehead atoms. The summed E-state index contributed by atoms with van der Waals surface area (Å²) in [5, 5.41) is 2.79. The topological polar surface area (TPSA) is 55.2 Å². The highest BCUT2D eigenvalue weighted by Gasteiger charge is 2.31. The molecule has 1 unspecified atom stereocenters. The number of hydrogen-bond acceptors (Lipinski definition) is 4. The summed E-state index contributed by atoms with van der Waals surface area (Å²) in [5.41, 5.74) is 2.55. The standard InChI is InChI=1S/C25H23N3O2S/c29-31(30,23-8-7-18-4-1-2-5-19(18)15-23)28-24-9-11-26-17-21(24)16-25(28)20-10-13-27-12-3-6-22(27)14-20/h1-2,4-5,7-11,15-17,22H,3,6,12-14H2. The van der Waals surface area contributed by atoms with Crippen molar-refractivity contribution < 1.29 is 8.42 Å². The molecule has 4 aromatic rings. The molecule has 0 spiro atoms. The van der Waals surface area contributed by atoms with Crippen LogP contribution >= 0.6 is 0 Å². The third-order valence-electron chi connectivity index (χ3n) is 6.67. The fourth-order valence-electron chi connectivity index (χ4n) is 5.09. The lowest BCUT2D eigenvalue weighted by Gasteiger charge is -2.29. The average Bonchev–Trinajstić information content (AvgIpc) is 3.43. The molecule has 0 saturated carbocycles. The summed E-state index contributed by atoms with van der Waals surface area (Å²) in [6.07, 6.45) is 8.89. The third-order valence-corrected chi connectivity index (χ3v) is 8.40. The van der Waals surface area contributed by atoms with Gasteiger partial charge in [-0.25, -0.2) is 12.4 Å². The van der Waals surface area contributed by atoms with Crippen LogP contribution in [0.4, 0.5) is 0 Å². The van der Waals surface area contributed by atoms with E-state index in [1.54, 1.807) is 30.6 Å². The molecule has 2 aliphatic rings. The van der Waals surface area contributed by atoms with Gasteiger partial charge in [0.1, 0.15) is 0 Å². The van der Waals surface area contributed by atoms with E-state index >= 15 is 0 Å². The van der Waals surface area contributed by atoms with E-state index in [1.165, 1.54) is 16.8 Å². The van der Waals surface area contributed by atoms with E-state index in [-0.39, 0.29) is 0 Å². The number of nitrogens with zero attached hydrogens (tertiary/aromatic N) is 3. The van der Waals surface area contributed by atoms with E-state index in [9.17, 15) is 8.42 Å². The van der Waals surface area contributed by atoms with Crippen molar-refractivity contribution in [1.82, 2.24) is 13.9 Å². The summed E-state index contributed by atoms with van der Waals surface area (Å²) in [6, 6.07) is 17.5. The van der Waals surface area contributed by atoms with Crippen LogP contribution in [0.3, 0.4) is 0 Å². The van der Waals surface area contributed by atoms with Gasteiger partial charge >= 0.3 is 0 Å². The van der Waals surface area contributed by atoms with Crippen LogP contribution in [0.25, 0.3) is 27.2 Å². The lowest BCUT2D eigenvalue weighted by atomic mass is 9.98. The van der Waals surface area contributed by atoms with Gasteiger partial charge in [-0.1, -0.05) is 36.4 Å². The van der Waals surface area contributed by atoms with Gasteiger partial charge in [-0.3, -0.25) is 9.88 Å². The molecule has 0 amide bonds. The SMILES string of the molecule is O=S(=O)(c1ccc2ccccc2c1)n1c(C2=CCN3CCCC3C2)cc2cnccc21. The van der Waals surface area contributed by atoms with Crippen LogP contribution in [0.1, 0.15) is 25.0 Å². The zero-order valence-electron chi connectivity index (χ0n) is 17.1. The first kappa shape index (κ1) is 18.8. The molecule has 156 valence electrons. The number of benzene rings is 2. The molecule has 1 saturated heterocycles. The van der Waals surface area contributed by atoms with Crippen molar-refractivity contribution in [2.75, 3.05) is 13.1 Å². The summed E-state index contributed by atoms with van der Waals surface area (Å²) in [6.45, 7) is 2.02. The fraction of sp³-hybridized carbons (Fsp3) is 0.240. The summed E-state index contributed by atoms with van der Waals surface area (Å²) in [7, 11) is -3.78. The molecule has 1 fully saturated rings. The van der Waals surface area contributed by atoms with Gasteiger partial charge in [0, 0.05) is 30.4 Å². The van der Waals surface area contributed by atoms with Gasteiger partial charge < -0.3 is 0 Å². The first-order valence-corrected chi connectivity index (χ1v) is 12.2. The number of pyridine rings is 1. The lowest BCUT2D eigenvalue weighted by Crippen LogP contribution is -2.33. The van der Waals surface area contributed by atoms with Crippen LogP contribution in [0.2, 0.25) is 0 Å². The summed E-state index contributed by atoms with van der Waals surface area (Å²) in [5.74, 6) is 0. The molecule has 6 rings (SSSR count). The second-order valence-electron chi connectivity index (χ2n) is 8.47. The van der Waals surface area contributed by atoms with Gasteiger partial charge in [-0.05, 0) is 66.4 Å². The van der Waals surface area contributed by atoms with E-state index in [0.29, 0.717) is 16.5 Å². The summed E-state index contributed by atoms with van der Waals surface area (Å²) >= 11 is 0. The zero-order valence-corrected chi connectivity index (χ0v) is 17.9. The van der Waals surface area contributed by atoms with Crippen LogP contribution in [-0.2, 0) is 10.0 Å². The highest BCUT2D eigenvalue weighted by molar-refractivity contribution is 7.90. The predicted molar refractivity (Wildman–Crippen MR) is 123 cm³/mol. The number of aromatic nitrogens is 2. The van der Waals surface area contributed by atoms with Crippen molar-refractivity contribution in [1.29, 1.82) is 0 Å². The average molecular weight is 430 g/mol. The molecule has 2 aromatic carbocycles. The van der Waals surface area contributed by atoms with Crippen molar-refractivity contribution in [2.24, 2.45) is 0 Å². The second kappa shape index (κ2) is 7.04. The molecule has 6 heteroatoms. The Labute approximate surface area is 181 Å². The third kappa shape index (κ3) is 3.01. The van der Waals surface area contributed by atoms with Gasteiger partial charge in [-0.15, -0.1) is 0 Å². The van der Waals surface area contributed by atoms with E-state index in [0.717, 1.165) is 46.9 Å². The maximum Gasteiger partial charge on any atom is 0.268 e. The second-order valence-corrected chi connectivity index (χ2v) is 10.3. The Morgan fingerprint density at radius 2 is 1.84 bits per heavy atom. The van der Waals surface area contributed by atoms with Gasteiger partial charge in [-0.2, -0.15) is 0 Å². The molecular formula is C25H23N3O2S. The smallest absolute Gasteiger partial charge is 0.268 e. The van der Waals surface area contributed by atoms with Crippen LogP contribution in [-0.4, -0.2) is 41.4 Å². The first-order chi connectivity index (χ1) is 15.1. The number of fused-ring (bicyclic) bond motifs is 3. The van der Waals surface area contributed by atoms with Crippen molar-refractivity contribution >= 4 is 37.3 Å². The Morgan fingerprint density at radius 1 is 0.968 bits per heavy atom. The highest BCUT2D eigenvalue weighted by atomic mass is 32.2. The van der Waals surface area contributed by atoms with Crippen LogP contribution in [0, 0.1) is 0 Å². The minimum atomic E-state index is -3.78. The van der Waals surface area contributed by atoms with Crippen molar-refractivity contribution in [2.45, 2.75) is 30.2 Å². The van der Waals surface area contributed by atoms with E-state index < -0.39 is 10.0 Å². The Morgan fingerprint density at radius 3 is 2.74 bits per heavy atom. The van der Waals surface area contributed by atoms with Gasteiger partial charge in [0.15, 0.2) is 0 Å². The largest absolute Gasteiger partial charge is 0.296 e. The lowest BCUT2D eigenvalue weighted by molar-refractivity contribution is 0.275. The molecule has 0 aliphatic carbocycles. The first-order valence-electron chi connectivity index (χ1n) is 10.7. The molecule has 31 heavy (non-hydrogen) atoms. The van der Waals surface area contributed by atoms with Crippen molar-refractivity contribution in [3.63, 3.8) is 0 Å². The minimum absolute atomic E-state index is 0.306. The van der Waals surface area contributed by atoms with E-state index in [2.05, 4.69) is 16.0 Å². The number of rotatable bonds is 3. The van der Waals surface area contributed by atoms with Gasteiger partial charge in [0.25, 0.3) is 10.0 Å². The zero-order chi connectivity index (χ0) is 21.0. The Balaban J connectivity index is 1.55. The van der Waals surface area contributed by atoms with E-state index in [1.807, 2.05) is 36.4 Å². The van der Waals surface area contributed by atoms with Crippen molar-refractivity contribution in [3.8, 4) is 0 Å². The molecule has 1 atom stereocenters.